The lowest BCUT2D eigenvalue weighted by molar-refractivity contribution is -0.138. The van der Waals surface area contributed by atoms with Crippen molar-refractivity contribution in [3.8, 4) is 5.75 Å². The zero-order valence-electron chi connectivity index (χ0n) is 18.7. The molecular formula is C26H34F3NO. The third-order valence-electron chi connectivity index (χ3n) is 7.15. The molecule has 2 aliphatic rings. The van der Waals surface area contributed by atoms with Crippen LogP contribution in [0.4, 0.5) is 13.2 Å². The van der Waals surface area contributed by atoms with E-state index in [-0.39, 0.29) is 23.3 Å². The second-order valence-electron chi connectivity index (χ2n) is 9.44. The van der Waals surface area contributed by atoms with Crippen LogP contribution in [0.15, 0.2) is 30.3 Å². The van der Waals surface area contributed by atoms with Crippen LogP contribution in [0.2, 0.25) is 0 Å². The molecule has 1 aliphatic carbocycles. The summed E-state index contributed by atoms with van der Waals surface area (Å²) in [6.07, 6.45) is 3.54. The predicted octanol–water partition coefficient (Wildman–Crippen LogP) is 7.75. The maximum Gasteiger partial charge on any atom is 0.420 e. The molecule has 2 aromatic rings. The molecule has 0 aromatic heterocycles. The number of piperidine rings is 1. The Labute approximate surface area is 183 Å². The SMILES string of the molecule is CC[C@H](c1ccc2ccc(OC3CCC(C)CC3)c(C(F)(F)F)c2c1)N1CCCCC1. The standard InChI is InChI=1S/C26H34F3NO/c1-3-23(30-15-5-4-6-16-30)20-10-9-19-11-14-24(25(22(19)17-20)26(27,28)29)31-21-12-7-18(2)8-13-21/h9-11,14,17-18,21,23H,3-8,12-13,15-16H2,1-2H3/t18?,21?,23-/m1/s1. The Bertz CT molecular complexity index is 880. The van der Waals surface area contributed by atoms with Gasteiger partial charge in [0.25, 0.3) is 0 Å². The Morgan fingerprint density at radius 3 is 2.32 bits per heavy atom. The highest BCUT2D eigenvalue weighted by Crippen LogP contribution is 2.43. The molecule has 1 atom stereocenters. The average Bonchev–Trinajstić information content (AvgIpc) is 2.75. The summed E-state index contributed by atoms with van der Waals surface area (Å²) in [6.45, 7) is 6.36. The minimum atomic E-state index is -4.46. The van der Waals surface area contributed by atoms with E-state index in [4.69, 9.17) is 4.74 Å². The van der Waals surface area contributed by atoms with Crippen molar-refractivity contribution < 1.29 is 17.9 Å². The zero-order chi connectivity index (χ0) is 22.0. The molecule has 1 saturated heterocycles. The average molecular weight is 434 g/mol. The lowest BCUT2D eigenvalue weighted by Gasteiger charge is -2.34. The van der Waals surface area contributed by atoms with E-state index in [9.17, 15) is 13.2 Å². The topological polar surface area (TPSA) is 12.5 Å². The Morgan fingerprint density at radius 1 is 1.00 bits per heavy atom. The Hall–Kier alpha value is -1.75. The molecule has 2 aromatic carbocycles. The lowest BCUT2D eigenvalue weighted by atomic mass is 9.89. The van der Waals surface area contributed by atoms with E-state index in [2.05, 4.69) is 18.7 Å². The maximum atomic E-state index is 14.3. The third-order valence-corrected chi connectivity index (χ3v) is 7.15. The molecule has 1 aliphatic heterocycles. The second kappa shape index (κ2) is 9.40. The van der Waals surface area contributed by atoms with Crippen LogP contribution < -0.4 is 4.74 Å². The molecule has 0 N–H and O–H groups in total. The van der Waals surface area contributed by atoms with Gasteiger partial charge in [-0.1, -0.05) is 38.5 Å². The van der Waals surface area contributed by atoms with Crippen LogP contribution in [0.25, 0.3) is 10.8 Å². The molecule has 0 amide bonds. The van der Waals surface area contributed by atoms with E-state index in [1.165, 1.54) is 12.5 Å². The summed E-state index contributed by atoms with van der Waals surface area (Å²) in [7, 11) is 0. The van der Waals surface area contributed by atoms with Crippen LogP contribution in [0.5, 0.6) is 5.75 Å². The smallest absolute Gasteiger partial charge is 0.420 e. The molecule has 0 unspecified atom stereocenters. The van der Waals surface area contributed by atoms with Gasteiger partial charge in [0.15, 0.2) is 0 Å². The summed E-state index contributed by atoms with van der Waals surface area (Å²) in [5, 5.41) is 0.885. The second-order valence-corrected chi connectivity index (χ2v) is 9.44. The van der Waals surface area contributed by atoms with Gasteiger partial charge in [0.05, 0.1) is 6.10 Å². The van der Waals surface area contributed by atoms with Gasteiger partial charge < -0.3 is 4.74 Å². The van der Waals surface area contributed by atoms with Gasteiger partial charge in [-0.25, -0.2) is 0 Å². The van der Waals surface area contributed by atoms with Crippen LogP contribution in [-0.4, -0.2) is 24.1 Å². The molecule has 2 fully saturated rings. The van der Waals surface area contributed by atoms with E-state index < -0.39 is 11.7 Å². The highest BCUT2D eigenvalue weighted by atomic mass is 19.4. The molecule has 5 heteroatoms. The first-order chi connectivity index (χ1) is 14.9. The Morgan fingerprint density at radius 2 is 1.68 bits per heavy atom. The fourth-order valence-electron chi connectivity index (χ4n) is 5.38. The number of nitrogens with zero attached hydrogens (tertiary/aromatic N) is 1. The van der Waals surface area contributed by atoms with Gasteiger partial charge in [0.1, 0.15) is 11.3 Å². The van der Waals surface area contributed by atoms with Crippen molar-refractivity contribution in [3.63, 3.8) is 0 Å². The minimum Gasteiger partial charge on any atom is -0.490 e. The first-order valence-electron chi connectivity index (χ1n) is 11.9. The van der Waals surface area contributed by atoms with Gasteiger partial charge in [0.2, 0.25) is 0 Å². The van der Waals surface area contributed by atoms with Crippen molar-refractivity contribution in [1.29, 1.82) is 0 Å². The van der Waals surface area contributed by atoms with Crippen molar-refractivity contribution in [3.05, 3.63) is 41.5 Å². The largest absolute Gasteiger partial charge is 0.490 e. The summed E-state index contributed by atoms with van der Waals surface area (Å²) in [4.78, 5) is 2.43. The van der Waals surface area contributed by atoms with Gasteiger partial charge in [-0.2, -0.15) is 13.2 Å². The highest BCUT2D eigenvalue weighted by molar-refractivity contribution is 5.89. The number of rotatable bonds is 5. The van der Waals surface area contributed by atoms with Gasteiger partial charge in [0, 0.05) is 6.04 Å². The molecule has 0 spiro atoms. The molecule has 31 heavy (non-hydrogen) atoms. The number of hydrogen-bond acceptors (Lipinski definition) is 2. The highest BCUT2D eigenvalue weighted by Gasteiger charge is 2.37. The molecule has 170 valence electrons. The van der Waals surface area contributed by atoms with Crippen LogP contribution >= 0.6 is 0 Å². The maximum absolute atomic E-state index is 14.3. The monoisotopic (exact) mass is 433 g/mol. The number of fused-ring (bicyclic) bond motifs is 1. The summed E-state index contributed by atoms with van der Waals surface area (Å²) in [5.74, 6) is 0.615. The summed E-state index contributed by atoms with van der Waals surface area (Å²) in [6, 6.07) is 9.08. The van der Waals surface area contributed by atoms with E-state index >= 15 is 0 Å². The van der Waals surface area contributed by atoms with Crippen LogP contribution in [0.1, 0.15) is 82.4 Å². The quantitative estimate of drug-likeness (QED) is 0.478. The van der Waals surface area contributed by atoms with Gasteiger partial charge in [-0.05, 0) is 92.4 Å². The van der Waals surface area contributed by atoms with E-state index in [1.807, 2.05) is 12.1 Å². The molecule has 4 rings (SSSR count). The van der Waals surface area contributed by atoms with Crippen LogP contribution in [-0.2, 0) is 6.18 Å². The summed E-state index contributed by atoms with van der Waals surface area (Å²) >= 11 is 0. The van der Waals surface area contributed by atoms with Gasteiger partial charge in [-0.15, -0.1) is 0 Å². The fraction of sp³-hybridized carbons (Fsp3) is 0.615. The van der Waals surface area contributed by atoms with Crippen molar-refractivity contribution in [2.24, 2.45) is 5.92 Å². The van der Waals surface area contributed by atoms with Crippen molar-refractivity contribution in [1.82, 2.24) is 4.90 Å². The van der Waals surface area contributed by atoms with Gasteiger partial charge in [-0.3, -0.25) is 4.90 Å². The molecule has 2 nitrogen and oxygen atoms in total. The summed E-state index contributed by atoms with van der Waals surface area (Å²) < 4.78 is 48.8. The number of alkyl halides is 3. The number of benzene rings is 2. The molecule has 0 radical (unpaired) electrons. The lowest BCUT2D eigenvalue weighted by Crippen LogP contribution is -2.33. The fourth-order valence-corrected chi connectivity index (χ4v) is 5.38. The number of halogens is 3. The molecular weight excluding hydrogens is 399 g/mol. The number of likely N-dealkylation sites (tertiary alicyclic amines) is 1. The first kappa shape index (κ1) is 22.4. The molecule has 0 bridgehead atoms. The van der Waals surface area contributed by atoms with Gasteiger partial charge >= 0.3 is 6.18 Å². The Balaban J connectivity index is 1.72. The molecule has 1 saturated carbocycles. The van der Waals surface area contributed by atoms with Crippen molar-refractivity contribution >= 4 is 10.8 Å². The van der Waals surface area contributed by atoms with Crippen molar-refractivity contribution in [2.75, 3.05) is 13.1 Å². The minimum absolute atomic E-state index is 0.0114. The van der Waals surface area contributed by atoms with E-state index in [0.717, 1.165) is 63.6 Å². The van der Waals surface area contributed by atoms with E-state index in [0.29, 0.717) is 11.3 Å². The van der Waals surface area contributed by atoms with Crippen LogP contribution in [0, 0.1) is 5.92 Å². The zero-order valence-corrected chi connectivity index (χ0v) is 18.7. The predicted molar refractivity (Wildman–Crippen MR) is 119 cm³/mol. The van der Waals surface area contributed by atoms with Crippen molar-refractivity contribution in [2.45, 2.75) is 83.5 Å². The Kier molecular flexibility index (Phi) is 6.80. The number of hydrogen-bond donors (Lipinski definition) is 0. The molecule has 1 heterocycles. The third kappa shape index (κ3) is 5.02. The summed E-state index contributed by atoms with van der Waals surface area (Å²) in [5.41, 5.74) is 0.366. The van der Waals surface area contributed by atoms with Crippen LogP contribution in [0.3, 0.4) is 0 Å². The number of ether oxygens (including phenoxy) is 1. The normalized spacial score (nSPS) is 24.3. The van der Waals surface area contributed by atoms with E-state index in [1.54, 1.807) is 12.1 Å². The first-order valence-corrected chi connectivity index (χ1v) is 11.9.